The Kier molecular flexibility index (Phi) is 3.29. The van der Waals surface area contributed by atoms with Gasteiger partial charge in [0.05, 0.1) is 19.3 Å². The van der Waals surface area contributed by atoms with E-state index in [2.05, 4.69) is 15.5 Å². The molecular weight excluding hydrogens is 262 g/mol. The Morgan fingerprint density at radius 2 is 2.30 bits per heavy atom. The number of methoxy groups -OCH3 is 1. The van der Waals surface area contributed by atoms with Crippen LogP contribution in [0.15, 0.2) is 22.7 Å². The van der Waals surface area contributed by atoms with Crippen LogP contribution in [0.25, 0.3) is 11.4 Å². The third-order valence-electron chi connectivity index (χ3n) is 3.29. The molecule has 7 nitrogen and oxygen atoms in total. The van der Waals surface area contributed by atoms with Gasteiger partial charge in [-0.15, -0.1) is 0 Å². The number of ether oxygens (including phenoxy) is 1. The van der Waals surface area contributed by atoms with Crippen LogP contribution in [0.5, 0.6) is 11.5 Å². The fourth-order valence-electron chi connectivity index (χ4n) is 2.22. The van der Waals surface area contributed by atoms with Crippen molar-refractivity contribution in [1.82, 2.24) is 15.5 Å². The van der Waals surface area contributed by atoms with Crippen molar-refractivity contribution >= 4 is 0 Å². The molecule has 0 radical (unpaired) electrons. The smallest absolute Gasteiger partial charge is 0.244 e. The molecule has 7 heteroatoms. The molecule has 1 aromatic heterocycles. The van der Waals surface area contributed by atoms with Gasteiger partial charge >= 0.3 is 0 Å². The Morgan fingerprint density at radius 3 is 3.00 bits per heavy atom. The van der Waals surface area contributed by atoms with Crippen LogP contribution in [0.1, 0.15) is 18.4 Å². The molecule has 0 amide bonds. The number of phenolic OH excluding ortho intramolecular Hbond substituents is 1. The first-order chi connectivity index (χ1) is 9.67. The van der Waals surface area contributed by atoms with Crippen molar-refractivity contribution in [2.24, 2.45) is 0 Å². The highest BCUT2D eigenvalue weighted by atomic mass is 16.5. The molecule has 1 saturated heterocycles. The van der Waals surface area contributed by atoms with E-state index >= 15 is 0 Å². The largest absolute Gasteiger partial charge is 0.504 e. The van der Waals surface area contributed by atoms with Crippen molar-refractivity contribution in [2.45, 2.75) is 18.6 Å². The Morgan fingerprint density at radius 1 is 1.45 bits per heavy atom. The lowest BCUT2D eigenvalue weighted by Gasteiger charge is -2.04. The zero-order valence-electron chi connectivity index (χ0n) is 10.9. The molecule has 2 atom stereocenters. The Hall–Kier alpha value is -2.12. The maximum absolute atomic E-state index is 9.56. The van der Waals surface area contributed by atoms with Crippen LogP contribution in [0.2, 0.25) is 0 Å². The Labute approximate surface area is 115 Å². The van der Waals surface area contributed by atoms with Crippen molar-refractivity contribution in [3.63, 3.8) is 0 Å². The molecule has 0 aliphatic carbocycles. The third-order valence-corrected chi connectivity index (χ3v) is 3.29. The summed E-state index contributed by atoms with van der Waals surface area (Å²) in [6, 6.07) is 4.72. The van der Waals surface area contributed by atoms with E-state index in [0.717, 1.165) is 0 Å². The minimum atomic E-state index is -0.385. The average molecular weight is 277 g/mol. The van der Waals surface area contributed by atoms with Crippen LogP contribution in [0.4, 0.5) is 0 Å². The number of benzene rings is 1. The summed E-state index contributed by atoms with van der Waals surface area (Å²) < 4.78 is 10.3. The topological polar surface area (TPSA) is 101 Å². The molecule has 1 aliphatic rings. The number of hydrogen-bond donors (Lipinski definition) is 3. The molecule has 0 bridgehead atoms. The van der Waals surface area contributed by atoms with Crippen LogP contribution in [0.3, 0.4) is 0 Å². The van der Waals surface area contributed by atoms with Gasteiger partial charge in [-0.05, 0) is 24.6 Å². The minimum absolute atomic E-state index is 0.0561. The molecule has 2 aromatic rings. The highest BCUT2D eigenvalue weighted by Gasteiger charge is 2.28. The minimum Gasteiger partial charge on any atom is -0.504 e. The van der Waals surface area contributed by atoms with Gasteiger partial charge in [0.2, 0.25) is 11.7 Å². The van der Waals surface area contributed by atoms with Gasteiger partial charge in [0, 0.05) is 12.1 Å². The molecule has 3 N–H and O–H groups in total. The number of aliphatic hydroxyl groups excluding tert-OH is 1. The van der Waals surface area contributed by atoms with Crippen molar-refractivity contribution < 1.29 is 19.5 Å². The zero-order valence-corrected chi connectivity index (χ0v) is 10.9. The maximum Gasteiger partial charge on any atom is 0.244 e. The quantitative estimate of drug-likeness (QED) is 0.764. The Balaban J connectivity index is 1.86. The summed E-state index contributed by atoms with van der Waals surface area (Å²) >= 11 is 0. The van der Waals surface area contributed by atoms with E-state index < -0.39 is 0 Å². The molecule has 0 spiro atoms. The lowest BCUT2D eigenvalue weighted by Crippen LogP contribution is -2.15. The second-order valence-corrected chi connectivity index (χ2v) is 4.69. The molecular formula is C13H15N3O4. The van der Waals surface area contributed by atoms with E-state index in [0.29, 0.717) is 36.0 Å². The van der Waals surface area contributed by atoms with Gasteiger partial charge < -0.3 is 24.8 Å². The van der Waals surface area contributed by atoms with E-state index in [1.807, 2.05) is 0 Å². The number of hydrogen-bond acceptors (Lipinski definition) is 7. The first-order valence-electron chi connectivity index (χ1n) is 6.30. The predicted molar refractivity (Wildman–Crippen MR) is 69.3 cm³/mol. The number of aromatic hydroxyl groups is 1. The van der Waals surface area contributed by atoms with Gasteiger partial charge in [0.25, 0.3) is 0 Å². The normalized spacial score (nSPS) is 22.1. The molecule has 3 rings (SSSR count). The maximum atomic E-state index is 9.56. The van der Waals surface area contributed by atoms with Crippen LogP contribution < -0.4 is 10.1 Å². The van der Waals surface area contributed by atoms with E-state index in [-0.39, 0.29) is 17.9 Å². The number of β-amino-alcohol motifs (C(OH)–C–C–N with tert-alkyl or cyclic N) is 1. The molecule has 106 valence electrons. The number of rotatable bonds is 3. The summed E-state index contributed by atoms with van der Waals surface area (Å²) in [4.78, 5) is 4.31. The van der Waals surface area contributed by atoms with Gasteiger partial charge in [-0.1, -0.05) is 5.16 Å². The van der Waals surface area contributed by atoms with Gasteiger partial charge in [0.1, 0.15) is 0 Å². The van der Waals surface area contributed by atoms with E-state index in [4.69, 9.17) is 9.26 Å². The Bertz CT molecular complexity index is 613. The predicted octanol–water partition coefficient (Wildman–Crippen LogP) is 0.846. The fraction of sp³-hybridized carbons (Fsp3) is 0.385. The van der Waals surface area contributed by atoms with E-state index in [1.165, 1.54) is 13.2 Å². The SMILES string of the molecule is COc1cc(-c2noc(C3CC(O)CN3)n2)ccc1O. The fourth-order valence-corrected chi connectivity index (χ4v) is 2.22. The molecule has 1 aromatic carbocycles. The van der Waals surface area contributed by atoms with Crippen LogP contribution in [0, 0.1) is 0 Å². The number of aromatic nitrogens is 2. The van der Waals surface area contributed by atoms with E-state index in [9.17, 15) is 10.2 Å². The van der Waals surface area contributed by atoms with Gasteiger partial charge in [-0.25, -0.2) is 0 Å². The molecule has 2 unspecified atom stereocenters. The molecule has 0 saturated carbocycles. The molecule has 1 aliphatic heterocycles. The standard InChI is InChI=1S/C13H15N3O4/c1-19-11-4-7(2-3-10(11)18)12-15-13(20-16-12)9-5-8(17)6-14-9/h2-4,8-9,14,17-18H,5-6H2,1H3. The summed E-state index contributed by atoms with van der Waals surface area (Å²) in [5, 5.41) is 26.1. The van der Waals surface area contributed by atoms with Crippen molar-refractivity contribution in [3.05, 3.63) is 24.1 Å². The molecule has 2 heterocycles. The number of nitrogens with one attached hydrogen (secondary N) is 1. The van der Waals surface area contributed by atoms with Gasteiger partial charge in [-0.2, -0.15) is 4.98 Å². The lowest BCUT2D eigenvalue weighted by molar-refractivity contribution is 0.191. The first kappa shape index (κ1) is 12.9. The highest BCUT2D eigenvalue weighted by Crippen LogP contribution is 2.31. The summed E-state index contributed by atoms with van der Waals surface area (Å²) in [5.41, 5.74) is 0.688. The number of nitrogens with zero attached hydrogens (tertiary/aromatic N) is 2. The molecule has 20 heavy (non-hydrogen) atoms. The zero-order chi connectivity index (χ0) is 14.1. The number of phenols is 1. The summed E-state index contributed by atoms with van der Waals surface area (Å²) in [7, 11) is 1.48. The highest BCUT2D eigenvalue weighted by molar-refractivity contribution is 5.60. The van der Waals surface area contributed by atoms with Crippen LogP contribution >= 0.6 is 0 Å². The first-order valence-corrected chi connectivity index (χ1v) is 6.30. The van der Waals surface area contributed by atoms with E-state index in [1.54, 1.807) is 12.1 Å². The van der Waals surface area contributed by atoms with Crippen LogP contribution in [-0.4, -0.2) is 40.1 Å². The second kappa shape index (κ2) is 5.10. The second-order valence-electron chi connectivity index (χ2n) is 4.69. The average Bonchev–Trinajstić information content (AvgIpc) is 3.08. The summed E-state index contributed by atoms with van der Waals surface area (Å²) in [6.45, 7) is 0.523. The third kappa shape index (κ3) is 2.33. The summed E-state index contributed by atoms with van der Waals surface area (Å²) in [5.74, 6) is 1.27. The lowest BCUT2D eigenvalue weighted by atomic mass is 10.2. The van der Waals surface area contributed by atoms with Crippen molar-refractivity contribution in [1.29, 1.82) is 0 Å². The van der Waals surface area contributed by atoms with Crippen molar-refractivity contribution in [3.8, 4) is 22.9 Å². The van der Waals surface area contributed by atoms with Crippen LogP contribution in [-0.2, 0) is 0 Å². The summed E-state index contributed by atoms with van der Waals surface area (Å²) in [6.07, 6.45) is 0.171. The monoisotopic (exact) mass is 277 g/mol. The van der Waals surface area contributed by atoms with Crippen molar-refractivity contribution in [2.75, 3.05) is 13.7 Å². The number of aliphatic hydroxyl groups is 1. The van der Waals surface area contributed by atoms with Gasteiger partial charge in [-0.3, -0.25) is 0 Å². The molecule has 1 fully saturated rings. The van der Waals surface area contributed by atoms with Gasteiger partial charge in [0.15, 0.2) is 11.5 Å².